The third kappa shape index (κ3) is 3.49. The molecule has 0 spiro atoms. The van der Waals surface area contributed by atoms with E-state index >= 15 is 0 Å². The maximum absolute atomic E-state index is 13.0. The summed E-state index contributed by atoms with van der Waals surface area (Å²) in [5.74, 6) is 0.375. The molecule has 158 valence electrons. The fourth-order valence-corrected chi connectivity index (χ4v) is 4.04. The van der Waals surface area contributed by atoms with E-state index in [0.717, 1.165) is 35.6 Å². The normalized spacial score (nSPS) is 14.2. The third-order valence-electron chi connectivity index (χ3n) is 5.70. The second-order valence-corrected chi connectivity index (χ2v) is 7.34. The van der Waals surface area contributed by atoms with Crippen LogP contribution in [-0.4, -0.2) is 66.3 Å². The number of amides is 1. The number of carbonyl (C=O) groups is 2. The molecule has 3 heterocycles. The number of benzene rings is 1. The van der Waals surface area contributed by atoms with E-state index in [1.807, 2.05) is 53.0 Å². The zero-order valence-corrected chi connectivity index (χ0v) is 17.5. The number of anilines is 1. The van der Waals surface area contributed by atoms with Crippen LogP contribution in [0.5, 0.6) is 5.75 Å². The van der Waals surface area contributed by atoms with Crippen molar-refractivity contribution in [3.05, 3.63) is 48.3 Å². The average Bonchev–Trinajstić information content (AvgIpc) is 3.33. The summed E-state index contributed by atoms with van der Waals surface area (Å²) in [5, 5.41) is 0. The smallest absolute Gasteiger partial charge is 0.354 e. The van der Waals surface area contributed by atoms with E-state index in [0.29, 0.717) is 18.8 Å². The zero-order valence-electron chi connectivity index (χ0n) is 17.5. The molecule has 1 aliphatic rings. The van der Waals surface area contributed by atoms with Gasteiger partial charge < -0.3 is 28.4 Å². The summed E-state index contributed by atoms with van der Waals surface area (Å²) >= 11 is 0. The van der Waals surface area contributed by atoms with Crippen LogP contribution in [-0.2, 0) is 23.1 Å². The van der Waals surface area contributed by atoms with Gasteiger partial charge >= 0.3 is 5.97 Å². The molecule has 30 heavy (non-hydrogen) atoms. The van der Waals surface area contributed by atoms with Gasteiger partial charge in [0.25, 0.3) is 0 Å². The molecule has 8 nitrogen and oxygen atoms in total. The predicted molar refractivity (Wildman–Crippen MR) is 114 cm³/mol. The Morgan fingerprint density at radius 1 is 1.00 bits per heavy atom. The Morgan fingerprint density at radius 2 is 1.73 bits per heavy atom. The molecule has 1 aromatic carbocycles. The van der Waals surface area contributed by atoms with Gasteiger partial charge in [0.2, 0.25) is 5.91 Å². The van der Waals surface area contributed by atoms with Crippen molar-refractivity contribution in [2.75, 3.05) is 45.3 Å². The number of piperazine rings is 1. The van der Waals surface area contributed by atoms with E-state index in [-0.39, 0.29) is 12.5 Å². The van der Waals surface area contributed by atoms with Gasteiger partial charge in [0, 0.05) is 39.4 Å². The van der Waals surface area contributed by atoms with Crippen molar-refractivity contribution in [3.8, 4) is 5.75 Å². The molecule has 0 saturated carbocycles. The summed E-state index contributed by atoms with van der Waals surface area (Å²) in [5.41, 5.74) is 3.17. The summed E-state index contributed by atoms with van der Waals surface area (Å²) in [7, 11) is 4.93. The van der Waals surface area contributed by atoms with Gasteiger partial charge in [-0.1, -0.05) is 12.1 Å². The highest BCUT2D eigenvalue weighted by molar-refractivity contribution is 5.96. The molecule has 0 unspecified atom stereocenters. The summed E-state index contributed by atoms with van der Waals surface area (Å²) in [4.78, 5) is 29.4. The number of para-hydroxylation sites is 2. The van der Waals surface area contributed by atoms with E-state index in [9.17, 15) is 9.59 Å². The molecule has 0 atom stereocenters. The van der Waals surface area contributed by atoms with E-state index in [1.54, 1.807) is 17.7 Å². The molecule has 0 bridgehead atoms. The lowest BCUT2D eigenvalue weighted by molar-refractivity contribution is -0.132. The average molecular weight is 410 g/mol. The van der Waals surface area contributed by atoms with Gasteiger partial charge in [-0.15, -0.1) is 0 Å². The molecule has 0 N–H and O–H groups in total. The summed E-state index contributed by atoms with van der Waals surface area (Å²) in [6.45, 7) is 2.78. The Kier molecular flexibility index (Phi) is 5.39. The van der Waals surface area contributed by atoms with Crippen molar-refractivity contribution in [3.63, 3.8) is 0 Å². The molecular weight excluding hydrogens is 384 g/mol. The quantitative estimate of drug-likeness (QED) is 0.603. The van der Waals surface area contributed by atoms with E-state index in [2.05, 4.69) is 4.90 Å². The van der Waals surface area contributed by atoms with Gasteiger partial charge in [-0.05, 0) is 24.3 Å². The fourth-order valence-electron chi connectivity index (χ4n) is 4.04. The van der Waals surface area contributed by atoms with Gasteiger partial charge in [-0.25, -0.2) is 4.79 Å². The molecule has 1 amide bonds. The number of hydrogen-bond acceptors (Lipinski definition) is 5. The Balaban J connectivity index is 1.49. The minimum Gasteiger partial charge on any atom is -0.495 e. The lowest BCUT2D eigenvalue weighted by atomic mass is 10.2. The van der Waals surface area contributed by atoms with Crippen LogP contribution in [0.4, 0.5) is 5.69 Å². The number of methoxy groups -OCH3 is 2. The van der Waals surface area contributed by atoms with Crippen molar-refractivity contribution in [2.24, 2.45) is 7.05 Å². The number of rotatable bonds is 5. The second kappa shape index (κ2) is 8.14. The monoisotopic (exact) mass is 410 g/mol. The van der Waals surface area contributed by atoms with Crippen LogP contribution in [0.25, 0.3) is 11.0 Å². The Morgan fingerprint density at radius 3 is 2.43 bits per heavy atom. The van der Waals surface area contributed by atoms with Crippen LogP contribution in [0, 0.1) is 0 Å². The van der Waals surface area contributed by atoms with Crippen LogP contribution in [0.1, 0.15) is 10.5 Å². The van der Waals surface area contributed by atoms with Gasteiger partial charge in [0.05, 0.1) is 30.9 Å². The van der Waals surface area contributed by atoms with Crippen LogP contribution in [0.3, 0.4) is 0 Å². The molecule has 3 aromatic rings. The number of carbonyl (C=O) groups excluding carboxylic acids is 2. The molecule has 1 fully saturated rings. The second-order valence-electron chi connectivity index (χ2n) is 7.34. The first kappa shape index (κ1) is 19.9. The third-order valence-corrected chi connectivity index (χ3v) is 5.70. The highest BCUT2D eigenvalue weighted by atomic mass is 16.5. The molecular formula is C22H26N4O4. The van der Waals surface area contributed by atoms with Crippen molar-refractivity contribution < 1.29 is 19.1 Å². The number of esters is 1. The largest absolute Gasteiger partial charge is 0.495 e. The Bertz CT molecular complexity index is 1080. The van der Waals surface area contributed by atoms with E-state index in [1.165, 1.54) is 7.11 Å². The first-order valence-electron chi connectivity index (χ1n) is 9.92. The fraction of sp³-hybridized carbons (Fsp3) is 0.364. The minimum atomic E-state index is -0.444. The van der Waals surface area contributed by atoms with Crippen molar-refractivity contribution in [2.45, 2.75) is 6.54 Å². The van der Waals surface area contributed by atoms with E-state index in [4.69, 9.17) is 9.47 Å². The SMILES string of the molecule is COC(=O)c1cc2c(ccn2C)n1CC(=O)N1CCN(c2ccccc2OC)CC1. The minimum absolute atomic E-state index is 0.0128. The van der Waals surface area contributed by atoms with Crippen LogP contribution >= 0.6 is 0 Å². The van der Waals surface area contributed by atoms with Crippen LogP contribution in [0.15, 0.2) is 42.6 Å². The lowest BCUT2D eigenvalue weighted by Crippen LogP contribution is -2.49. The first-order chi connectivity index (χ1) is 14.5. The summed E-state index contributed by atoms with van der Waals surface area (Å²) in [6, 6.07) is 11.6. The van der Waals surface area contributed by atoms with Crippen molar-refractivity contribution in [1.82, 2.24) is 14.0 Å². The molecule has 1 saturated heterocycles. The summed E-state index contributed by atoms with van der Waals surface area (Å²) < 4.78 is 14.0. The molecule has 2 aromatic heterocycles. The molecule has 0 radical (unpaired) electrons. The number of aryl methyl sites for hydroxylation is 1. The Labute approximate surface area is 175 Å². The molecule has 0 aliphatic carbocycles. The van der Waals surface area contributed by atoms with Gasteiger partial charge in [0.1, 0.15) is 18.0 Å². The number of fused-ring (bicyclic) bond motifs is 1. The number of ether oxygens (including phenoxy) is 2. The van der Waals surface area contributed by atoms with Crippen LogP contribution < -0.4 is 9.64 Å². The standard InChI is InChI=1S/C22H26N4O4/c1-23-9-8-16-18(23)14-19(22(28)30-3)26(16)15-21(27)25-12-10-24(11-13-25)17-6-4-5-7-20(17)29-2/h4-9,14H,10-13,15H2,1-3H3. The van der Waals surface area contributed by atoms with Gasteiger partial charge in [-0.3, -0.25) is 4.79 Å². The number of hydrogen-bond donors (Lipinski definition) is 0. The van der Waals surface area contributed by atoms with Crippen LogP contribution in [0.2, 0.25) is 0 Å². The number of nitrogens with zero attached hydrogens (tertiary/aromatic N) is 4. The molecule has 1 aliphatic heterocycles. The first-order valence-corrected chi connectivity index (χ1v) is 9.92. The van der Waals surface area contributed by atoms with Gasteiger partial charge in [-0.2, -0.15) is 0 Å². The highest BCUT2D eigenvalue weighted by Crippen LogP contribution is 2.28. The van der Waals surface area contributed by atoms with Gasteiger partial charge in [0.15, 0.2) is 0 Å². The maximum atomic E-state index is 13.0. The van der Waals surface area contributed by atoms with E-state index < -0.39 is 5.97 Å². The lowest BCUT2D eigenvalue weighted by Gasteiger charge is -2.36. The maximum Gasteiger partial charge on any atom is 0.354 e. The van der Waals surface area contributed by atoms with Crippen molar-refractivity contribution >= 4 is 28.6 Å². The number of aromatic nitrogens is 2. The summed E-state index contributed by atoms with van der Waals surface area (Å²) in [6.07, 6.45) is 1.92. The Hall–Kier alpha value is -3.42. The zero-order chi connectivity index (χ0) is 21.3. The van der Waals surface area contributed by atoms with Crippen molar-refractivity contribution in [1.29, 1.82) is 0 Å². The topological polar surface area (TPSA) is 68.9 Å². The molecule has 8 heteroatoms. The highest BCUT2D eigenvalue weighted by Gasteiger charge is 2.25. The predicted octanol–water partition coefficient (Wildman–Crippen LogP) is 2.12. The molecule has 4 rings (SSSR count).